The third-order valence-electron chi connectivity index (χ3n) is 2.80. The zero-order chi connectivity index (χ0) is 10.5. The van der Waals surface area contributed by atoms with Gasteiger partial charge in [-0.25, -0.2) is 4.98 Å². The molecule has 0 radical (unpaired) electrons. The van der Waals surface area contributed by atoms with Crippen LogP contribution >= 0.6 is 11.8 Å². The lowest BCUT2D eigenvalue weighted by atomic mass is 10.2. The number of hydrogen-bond acceptors (Lipinski definition) is 3. The molecule has 2 rings (SSSR count). The number of rotatable bonds is 4. The average Bonchev–Trinajstić information content (AvgIpc) is 2.68. The highest BCUT2D eigenvalue weighted by molar-refractivity contribution is 7.99. The summed E-state index contributed by atoms with van der Waals surface area (Å²) in [6.07, 6.45) is 5.77. The van der Waals surface area contributed by atoms with Crippen LogP contribution in [0.2, 0.25) is 0 Å². The predicted octanol–water partition coefficient (Wildman–Crippen LogP) is 3.17. The van der Waals surface area contributed by atoms with Crippen molar-refractivity contribution in [2.45, 2.75) is 37.5 Å². The smallest absolute Gasteiger partial charge is 0.126 e. The monoisotopic (exact) mass is 222 g/mol. The zero-order valence-electron chi connectivity index (χ0n) is 9.15. The van der Waals surface area contributed by atoms with E-state index in [-0.39, 0.29) is 0 Å². The van der Waals surface area contributed by atoms with Crippen molar-refractivity contribution in [3.63, 3.8) is 0 Å². The first-order chi connectivity index (χ1) is 7.38. The Kier molecular flexibility index (Phi) is 3.89. The second kappa shape index (κ2) is 5.40. The maximum Gasteiger partial charge on any atom is 0.126 e. The molecule has 1 saturated carbocycles. The maximum absolute atomic E-state index is 4.30. The van der Waals surface area contributed by atoms with E-state index in [2.05, 4.69) is 29.0 Å². The number of pyridine rings is 1. The largest absolute Gasteiger partial charge is 0.367 e. The SMILES string of the molecule is CCSC1CCC(Nc2ccccn2)C1. The molecule has 2 unspecified atom stereocenters. The van der Waals surface area contributed by atoms with Gasteiger partial charge >= 0.3 is 0 Å². The minimum atomic E-state index is 0.629. The van der Waals surface area contributed by atoms with Crippen LogP contribution in [0.5, 0.6) is 0 Å². The van der Waals surface area contributed by atoms with Crippen molar-refractivity contribution < 1.29 is 0 Å². The molecule has 1 N–H and O–H groups in total. The maximum atomic E-state index is 4.30. The number of anilines is 1. The standard InChI is InChI=1S/C12H18N2S/c1-2-15-11-7-6-10(9-11)14-12-5-3-4-8-13-12/h3-5,8,10-11H,2,6-7,9H2,1H3,(H,13,14). The van der Waals surface area contributed by atoms with E-state index in [9.17, 15) is 0 Å². The third-order valence-corrected chi connectivity index (χ3v) is 4.04. The fraction of sp³-hybridized carbons (Fsp3) is 0.583. The predicted molar refractivity (Wildman–Crippen MR) is 67.4 cm³/mol. The molecule has 2 nitrogen and oxygen atoms in total. The van der Waals surface area contributed by atoms with E-state index in [1.807, 2.05) is 24.4 Å². The Morgan fingerprint density at radius 3 is 3.13 bits per heavy atom. The van der Waals surface area contributed by atoms with Crippen molar-refractivity contribution in [2.75, 3.05) is 11.1 Å². The van der Waals surface area contributed by atoms with Crippen LogP contribution in [0.25, 0.3) is 0 Å². The molecule has 0 aliphatic heterocycles. The first kappa shape index (κ1) is 10.8. The van der Waals surface area contributed by atoms with Crippen molar-refractivity contribution in [3.05, 3.63) is 24.4 Å². The van der Waals surface area contributed by atoms with Gasteiger partial charge in [0.25, 0.3) is 0 Å². The Bertz CT molecular complexity index is 289. The zero-order valence-corrected chi connectivity index (χ0v) is 9.96. The Labute approximate surface area is 95.9 Å². The Balaban J connectivity index is 1.82. The van der Waals surface area contributed by atoms with E-state index in [0.717, 1.165) is 11.1 Å². The molecular weight excluding hydrogens is 204 g/mol. The van der Waals surface area contributed by atoms with E-state index in [4.69, 9.17) is 0 Å². The van der Waals surface area contributed by atoms with Gasteiger partial charge in [0, 0.05) is 17.5 Å². The molecule has 3 heteroatoms. The number of aromatic nitrogens is 1. The Morgan fingerprint density at radius 2 is 2.40 bits per heavy atom. The van der Waals surface area contributed by atoms with E-state index in [1.165, 1.54) is 25.0 Å². The molecule has 1 fully saturated rings. The van der Waals surface area contributed by atoms with E-state index in [1.54, 1.807) is 0 Å². The molecule has 1 aromatic rings. The van der Waals surface area contributed by atoms with Crippen LogP contribution in [-0.4, -0.2) is 22.0 Å². The molecule has 2 atom stereocenters. The lowest BCUT2D eigenvalue weighted by Gasteiger charge is -2.13. The topological polar surface area (TPSA) is 24.9 Å². The second-order valence-corrected chi connectivity index (χ2v) is 5.52. The molecule has 0 amide bonds. The van der Waals surface area contributed by atoms with Gasteiger partial charge in [0.05, 0.1) is 0 Å². The quantitative estimate of drug-likeness (QED) is 0.847. The minimum Gasteiger partial charge on any atom is -0.367 e. The fourth-order valence-electron chi connectivity index (χ4n) is 2.12. The second-order valence-electron chi connectivity index (χ2n) is 3.95. The van der Waals surface area contributed by atoms with Gasteiger partial charge in [-0.2, -0.15) is 11.8 Å². The molecule has 1 aliphatic carbocycles. The first-order valence-electron chi connectivity index (χ1n) is 5.67. The van der Waals surface area contributed by atoms with Gasteiger partial charge in [0.1, 0.15) is 5.82 Å². The van der Waals surface area contributed by atoms with Gasteiger partial charge in [-0.3, -0.25) is 0 Å². The molecule has 0 saturated heterocycles. The summed E-state index contributed by atoms with van der Waals surface area (Å²) in [5, 5.41) is 4.36. The number of nitrogens with one attached hydrogen (secondary N) is 1. The molecule has 0 spiro atoms. The third kappa shape index (κ3) is 3.13. The van der Waals surface area contributed by atoms with Gasteiger partial charge in [0.15, 0.2) is 0 Å². The summed E-state index contributed by atoms with van der Waals surface area (Å²) in [6.45, 7) is 2.24. The van der Waals surface area contributed by atoms with Crippen LogP contribution in [-0.2, 0) is 0 Å². The summed E-state index contributed by atoms with van der Waals surface area (Å²) >= 11 is 2.09. The van der Waals surface area contributed by atoms with Crippen molar-refractivity contribution in [1.29, 1.82) is 0 Å². The highest BCUT2D eigenvalue weighted by Gasteiger charge is 2.24. The molecule has 1 aromatic heterocycles. The van der Waals surface area contributed by atoms with Gasteiger partial charge in [0.2, 0.25) is 0 Å². The summed E-state index contributed by atoms with van der Waals surface area (Å²) in [7, 11) is 0. The molecule has 0 aromatic carbocycles. The van der Waals surface area contributed by atoms with Crippen molar-refractivity contribution >= 4 is 17.6 Å². The number of thioether (sulfide) groups is 1. The van der Waals surface area contributed by atoms with E-state index in [0.29, 0.717) is 6.04 Å². The molecule has 1 heterocycles. The molecule has 0 bridgehead atoms. The fourth-order valence-corrected chi connectivity index (χ4v) is 3.26. The highest BCUT2D eigenvalue weighted by atomic mass is 32.2. The highest BCUT2D eigenvalue weighted by Crippen LogP contribution is 2.31. The minimum absolute atomic E-state index is 0.629. The van der Waals surface area contributed by atoms with Crippen molar-refractivity contribution in [2.24, 2.45) is 0 Å². The van der Waals surface area contributed by atoms with E-state index >= 15 is 0 Å². The lowest BCUT2D eigenvalue weighted by Crippen LogP contribution is -2.16. The van der Waals surface area contributed by atoms with Crippen molar-refractivity contribution in [1.82, 2.24) is 4.98 Å². The van der Waals surface area contributed by atoms with Crippen LogP contribution in [0.15, 0.2) is 24.4 Å². The normalized spacial score (nSPS) is 25.4. The summed E-state index contributed by atoms with van der Waals surface area (Å²) in [5.74, 6) is 2.26. The van der Waals surface area contributed by atoms with Crippen LogP contribution in [0.4, 0.5) is 5.82 Å². The summed E-state index contributed by atoms with van der Waals surface area (Å²) in [6, 6.07) is 6.65. The van der Waals surface area contributed by atoms with Crippen LogP contribution < -0.4 is 5.32 Å². The van der Waals surface area contributed by atoms with Crippen LogP contribution in [0.3, 0.4) is 0 Å². The van der Waals surface area contributed by atoms with Crippen LogP contribution in [0, 0.1) is 0 Å². The molecule has 82 valence electrons. The van der Waals surface area contributed by atoms with Gasteiger partial charge < -0.3 is 5.32 Å². The van der Waals surface area contributed by atoms with E-state index < -0.39 is 0 Å². The van der Waals surface area contributed by atoms with Gasteiger partial charge in [-0.05, 0) is 37.1 Å². The number of hydrogen-bond donors (Lipinski definition) is 1. The summed E-state index contributed by atoms with van der Waals surface area (Å²) in [5.41, 5.74) is 0. The summed E-state index contributed by atoms with van der Waals surface area (Å²) < 4.78 is 0. The molecular formula is C12H18N2S. The Hall–Kier alpha value is -0.700. The van der Waals surface area contributed by atoms with Crippen molar-refractivity contribution in [3.8, 4) is 0 Å². The lowest BCUT2D eigenvalue weighted by molar-refractivity contribution is 0.752. The number of nitrogens with zero attached hydrogens (tertiary/aromatic N) is 1. The molecule has 1 aliphatic rings. The summed E-state index contributed by atoms with van der Waals surface area (Å²) in [4.78, 5) is 4.30. The first-order valence-corrected chi connectivity index (χ1v) is 6.72. The van der Waals surface area contributed by atoms with Gasteiger partial charge in [-0.15, -0.1) is 0 Å². The van der Waals surface area contributed by atoms with Gasteiger partial charge in [-0.1, -0.05) is 13.0 Å². The Morgan fingerprint density at radius 1 is 1.47 bits per heavy atom. The molecule has 15 heavy (non-hydrogen) atoms. The van der Waals surface area contributed by atoms with Crippen LogP contribution in [0.1, 0.15) is 26.2 Å². The average molecular weight is 222 g/mol.